The Labute approximate surface area is 107 Å². The number of hydrogen-bond acceptors (Lipinski definition) is 3. The maximum atomic E-state index is 12.1. The molecule has 2 bridgehead atoms. The van der Waals surface area contributed by atoms with Crippen LogP contribution in [0.4, 0.5) is 0 Å². The molecular formula is C14H19N3O. The lowest BCUT2D eigenvalue weighted by Gasteiger charge is -2.19. The number of rotatable bonds is 4. The Morgan fingerprint density at radius 3 is 3.11 bits per heavy atom. The summed E-state index contributed by atoms with van der Waals surface area (Å²) in [6.07, 6.45) is 7.89. The third-order valence-corrected chi connectivity index (χ3v) is 4.07. The van der Waals surface area contributed by atoms with Gasteiger partial charge in [0.2, 0.25) is 5.91 Å². The molecule has 2 aliphatic rings. The number of hydrogen-bond donors (Lipinski definition) is 2. The van der Waals surface area contributed by atoms with Crippen molar-refractivity contribution in [1.29, 1.82) is 0 Å². The van der Waals surface area contributed by atoms with Gasteiger partial charge < -0.3 is 10.6 Å². The highest BCUT2D eigenvalue weighted by molar-refractivity contribution is 5.80. The number of nitrogens with one attached hydrogen (secondary N) is 2. The van der Waals surface area contributed by atoms with Crippen LogP contribution in [0, 0.1) is 5.92 Å². The molecule has 3 rings (SSSR count). The molecule has 0 saturated carbocycles. The van der Waals surface area contributed by atoms with Crippen LogP contribution in [0.3, 0.4) is 0 Å². The van der Waals surface area contributed by atoms with Crippen molar-refractivity contribution in [1.82, 2.24) is 15.6 Å². The summed E-state index contributed by atoms with van der Waals surface area (Å²) in [5, 5.41) is 6.55. The molecular weight excluding hydrogens is 226 g/mol. The molecule has 2 aliphatic heterocycles. The molecule has 1 amide bonds. The third-order valence-electron chi connectivity index (χ3n) is 4.07. The van der Waals surface area contributed by atoms with Crippen LogP contribution < -0.4 is 10.6 Å². The summed E-state index contributed by atoms with van der Waals surface area (Å²) >= 11 is 0. The SMILES string of the molecule is O=C(NCCc1cccnc1)C1CC2CCC1N2. The van der Waals surface area contributed by atoms with Crippen molar-refractivity contribution >= 4 is 5.91 Å². The lowest BCUT2D eigenvalue weighted by atomic mass is 9.88. The van der Waals surface area contributed by atoms with E-state index in [0.29, 0.717) is 18.6 Å². The number of aromatic nitrogens is 1. The minimum Gasteiger partial charge on any atom is -0.355 e. The molecule has 1 aromatic rings. The maximum absolute atomic E-state index is 12.1. The largest absolute Gasteiger partial charge is 0.355 e. The van der Waals surface area contributed by atoms with E-state index in [0.717, 1.165) is 19.3 Å². The minimum absolute atomic E-state index is 0.192. The lowest BCUT2D eigenvalue weighted by Crippen LogP contribution is -2.38. The van der Waals surface area contributed by atoms with Gasteiger partial charge in [-0.25, -0.2) is 0 Å². The van der Waals surface area contributed by atoms with Crippen molar-refractivity contribution in [2.45, 2.75) is 37.8 Å². The number of carbonyl (C=O) groups is 1. The molecule has 1 aromatic heterocycles. The maximum Gasteiger partial charge on any atom is 0.224 e. The minimum atomic E-state index is 0.192. The van der Waals surface area contributed by atoms with E-state index in [-0.39, 0.29) is 11.8 Å². The summed E-state index contributed by atoms with van der Waals surface area (Å²) < 4.78 is 0. The van der Waals surface area contributed by atoms with Gasteiger partial charge in [0.05, 0.1) is 5.92 Å². The number of pyridine rings is 1. The van der Waals surface area contributed by atoms with E-state index in [9.17, 15) is 4.79 Å². The summed E-state index contributed by atoms with van der Waals surface area (Å²) in [5.74, 6) is 0.413. The van der Waals surface area contributed by atoms with E-state index in [2.05, 4.69) is 15.6 Å². The van der Waals surface area contributed by atoms with Crippen molar-refractivity contribution in [3.05, 3.63) is 30.1 Å². The number of amides is 1. The van der Waals surface area contributed by atoms with Gasteiger partial charge in [-0.1, -0.05) is 6.07 Å². The van der Waals surface area contributed by atoms with Crippen LogP contribution in [0.5, 0.6) is 0 Å². The molecule has 2 saturated heterocycles. The first kappa shape index (κ1) is 11.7. The fourth-order valence-electron chi connectivity index (χ4n) is 3.12. The lowest BCUT2D eigenvalue weighted by molar-refractivity contribution is -0.125. The van der Waals surface area contributed by atoms with Crippen LogP contribution >= 0.6 is 0 Å². The molecule has 3 heterocycles. The monoisotopic (exact) mass is 245 g/mol. The standard InChI is InChI=1S/C14H19N3O/c18-14(12-8-11-3-4-13(12)17-11)16-7-5-10-2-1-6-15-9-10/h1-2,6,9,11-13,17H,3-5,7-8H2,(H,16,18). The molecule has 2 fully saturated rings. The Morgan fingerprint density at radius 1 is 1.50 bits per heavy atom. The molecule has 3 unspecified atom stereocenters. The van der Waals surface area contributed by atoms with Crippen molar-refractivity contribution < 1.29 is 4.79 Å². The first-order chi connectivity index (χ1) is 8.83. The molecule has 4 heteroatoms. The number of fused-ring (bicyclic) bond motifs is 2. The van der Waals surface area contributed by atoms with Crippen LogP contribution in [-0.2, 0) is 11.2 Å². The molecule has 4 nitrogen and oxygen atoms in total. The summed E-state index contributed by atoms with van der Waals surface area (Å²) in [5.41, 5.74) is 1.17. The summed E-state index contributed by atoms with van der Waals surface area (Å²) in [6, 6.07) is 4.98. The molecule has 0 aromatic carbocycles. The summed E-state index contributed by atoms with van der Waals surface area (Å²) in [4.78, 5) is 16.1. The highest BCUT2D eigenvalue weighted by Crippen LogP contribution is 2.33. The highest BCUT2D eigenvalue weighted by atomic mass is 16.1. The van der Waals surface area contributed by atoms with Gasteiger partial charge in [0, 0.05) is 31.0 Å². The van der Waals surface area contributed by atoms with Crippen LogP contribution in [0.1, 0.15) is 24.8 Å². The fraction of sp³-hybridized carbons (Fsp3) is 0.571. The van der Waals surface area contributed by atoms with Crippen molar-refractivity contribution in [2.75, 3.05) is 6.54 Å². The summed E-state index contributed by atoms with van der Waals surface area (Å²) in [6.45, 7) is 0.707. The van der Waals surface area contributed by atoms with Crippen LogP contribution in [0.25, 0.3) is 0 Å². The van der Waals surface area contributed by atoms with Crippen molar-refractivity contribution in [3.8, 4) is 0 Å². The Balaban J connectivity index is 1.45. The summed E-state index contributed by atoms with van der Waals surface area (Å²) in [7, 11) is 0. The van der Waals surface area contributed by atoms with Crippen molar-refractivity contribution in [2.24, 2.45) is 5.92 Å². The quantitative estimate of drug-likeness (QED) is 0.828. The second-order valence-electron chi connectivity index (χ2n) is 5.29. The number of carbonyl (C=O) groups excluding carboxylic acids is 1. The molecule has 2 N–H and O–H groups in total. The zero-order valence-corrected chi connectivity index (χ0v) is 10.4. The van der Waals surface area contributed by atoms with Gasteiger partial charge in [-0.05, 0) is 37.3 Å². The topological polar surface area (TPSA) is 54.0 Å². The third kappa shape index (κ3) is 2.38. The van der Waals surface area contributed by atoms with Crippen LogP contribution in [0.15, 0.2) is 24.5 Å². The second-order valence-corrected chi connectivity index (χ2v) is 5.29. The molecule has 0 spiro atoms. The zero-order chi connectivity index (χ0) is 12.4. The fourth-order valence-corrected chi connectivity index (χ4v) is 3.12. The van der Waals surface area contributed by atoms with E-state index in [1.165, 1.54) is 12.0 Å². The van der Waals surface area contributed by atoms with Gasteiger partial charge >= 0.3 is 0 Å². The van der Waals surface area contributed by atoms with E-state index < -0.39 is 0 Å². The Kier molecular flexibility index (Phi) is 3.28. The van der Waals surface area contributed by atoms with Gasteiger partial charge in [0.25, 0.3) is 0 Å². The van der Waals surface area contributed by atoms with Crippen molar-refractivity contribution in [3.63, 3.8) is 0 Å². The predicted molar refractivity (Wildman–Crippen MR) is 69.0 cm³/mol. The highest BCUT2D eigenvalue weighted by Gasteiger charge is 2.42. The zero-order valence-electron chi connectivity index (χ0n) is 10.4. The Hall–Kier alpha value is -1.42. The van der Waals surface area contributed by atoms with E-state index in [4.69, 9.17) is 0 Å². The normalized spacial score (nSPS) is 29.4. The van der Waals surface area contributed by atoms with E-state index >= 15 is 0 Å². The molecule has 18 heavy (non-hydrogen) atoms. The number of nitrogens with zero attached hydrogens (tertiary/aromatic N) is 1. The Morgan fingerprint density at radius 2 is 2.44 bits per heavy atom. The average molecular weight is 245 g/mol. The Bertz CT molecular complexity index is 420. The second kappa shape index (κ2) is 5.06. The smallest absolute Gasteiger partial charge is 0.224 e. The van der Waals surface area contributed by atoms with Crippen LogP contribution in [0.2, 0.25) is 0 Å². The first-order valence-corrected chi connectivity index (χ1v) is 6.75. The molecule has 0 aliphatic carbocycles. The van der Waals surface area contributed by atoms with Crippen LogP contribution in [-0.4, -0.2) is 29.5 Å². The van der Waals surface area contributed by atoms with Gasteiger partial charge in [0.1, 0.15) is 0 Å². The van der Waals surface area contributed by atoms with Gasteiger partial charge in [0.15, 0.2) is 0 Å². The van der Waals surface area contributed by atoms with Gasteiger partial charge in [-0.15, -0.1) is 0 Å². The van der Waals surface area contributed by atoms with E-state index in [1.807, 2.05) is 18.3 Å². The van der Waals surface area contributed by atoms with Gasteiger partial charge in [-0.3, -0.25) is 9.78 Å². The van der Waals surface area contributed by atoms with Gasteiger partial charge in [-0.2, -0.15) is 0 Å². The molecule has 0 radical (unpaired) electrons. The molecule has 96 valence electrons. The average Bonchev–Trinajstić information content (AvgIpc) is 3.02. The van der Waals surface area contributed by atoms with E-state index in [1.54, 1.807) is 6.20 Å². The predicted octanol–water partition coefficient (Wildman–Crippen LogP) is 0.881. The molecule has 3 atom stereocenters. The first-order valence-electron chi connectivity index (χ1n) is 6.75.